The van der Waals surface area contributed by atoms with Gasteiger partial charge in [0.1, 0.15) is 15.2 Å². The normalized spacial score (nSPS) is 13.1. The summed E-state index contributed by atoms with van der Waals surface area (Å²) >= 11 is 1.09. The van der Waals surface area contributed by atoms with Crippen LogP contribution in [0.5, 0.6) is 5.75 Å². The minimum atomic E-state index is -0.596. The molecule has 0 aliphatic carbocycles. The predicted molar refractivity (Wildman–Crippen MR) is 138 cm³/mol. The summed E-state index contributed by atoms with van der Waals surface area (Å²) in [5.41, 5.74) is 4.51. The van der Waals surface area contributed by atoms with Crippen LogP contribution in [0.4, 0.5) is 11.4 Å². The highest BCUT2D eigenvalue weighted by atomic mass is 32.1. The van der Waals surface area contributed by atoms with Gasteiger partial charge in [-0.2, -0.15) is 5.26 Å². The third kappa shape index (κ3) is 5.21. The third-order valence-electron chi connectivity index (χ3n) is 5.53. The molecule has 3 rings (SSSR count). The summed E-state index contributed by atoms with van der Waals surface area (Å²) in [6.07, 6.45) is 6.91. The van der Waals surface area contributed by atoms with Crippen molar-refractivity contribution in [2.75, 3.05) is 5.32 Å². The van der Waals surface area contributed by atoms with E-state index in [0.29, 0.717) is 21.7 Å². The summed E-state index contributed by atoms with van der Waals surface area (Å²) in [5.74, 6) is -0.607. The number of amides is 1. The van der Waals surface area contributed by atoms with E-state index >= 15 is 0 Å². The molecule has 8 heteroatoms. The number of aryl methyl sites for hydroxylation is 1. The molecular weight excluding hydrogens is 446 g/mol. The number of anilines is 1. The van der Waals surface area contributed by atoms with E-state index in [1.807, 2.05) is 65.8 Å². The molecule has 0 saturated heterocycles. The lowest BCUT2D eigenvalue weighted by molar-refractivity contribution is 0.102. The lowest BCUT2D eigenvalue weighted by atomic mass is 9.84. The number of carbonyl (C=O) groups is 1. The molecule has 0 unspecified atom stereocenters. The lowest BCUT2D eigenvalue weighted by Gasteiger charge is -2.17. The number of nitrogens with zero attached hydrogens (tertiary/aromatic N) is 4. The minimum Gasteiger partial charge on any atom is -0.504 e. The number of carbonyl (C=O) groups excluding carboxylic acids is 1. The van der Waals surface area contributed by atoms with E-state index in [9.17, 15) is 15.2 Å². The molecule has 174 valence electrons. The molecule has 0 saturated carbocycles. The van der Waals surface area contributed by atoms with Crippen molar-refractivity contribution in [1.29, 1.82) is 5.26 Å². The molecule has 34 heavy (non-hydrogen) atoms. The standard InChI is InChI=1S/C26H27N5O2S/c1-7-18(26(5,6)14-27)12-16(3)17(4)30-19-9-8-15(2)20(13-19)31-24(33)23-22(32)21-25(34-23)29-11-10-28-21/h7-13,32H,1-6H3,(H,31,33)/b16-12+,18-7?,30-17?. The summed E-state index contributed by atoms with van der Waals surface area (Å²) < 4.78 is 0. The number of aromatic nitrogens is 2. The van der Waals surface area contributed by atoms with Crippen LogP contribution in [0.2, 0.25) is 0 Å². The number of fused-ring (bicyclic) bond motifs is 1. The maximum absolute atomic E-state index is 12.9. The molecule has 1 aromatic carbocycles. The molecule has 2 aromatic heterocycles. The van der Waals surface area contributed by atoms with Crippen LogP contribution < -0.4 is 5.32 Å². The molecular formula is C26H27N5O2S. The molecule has 0 spiro atoms. The molecule has 1 amide bonds. The van der Waals surface area contributed by atoms with E-state index in [-0.39, 0.29) is 10.6 Å². The molecule has 0 aliphatic rings. The van der Waals surface area contributed by atoms with Crippen molar-refractivity contribution in [2.45, 2.75) is 41.5 Å². The van der Waals surface area contributed by atoms with Crippen molar-refractivity contribution in [3.8, 4) is 11.8 Å². The monoisotopic (exact) mass is 473 g/mol. The Hall–Kier alpha value is -3.83. The fraction of sp³-hybridized carbons (Fsp3) is 0.269. The molecule has 0 radical (unpaired) electrons. The Labute approximate surface area is 203 Å². The molecule has 0 aliphatic heterocycles. The van der Waals surface area contributed by atoms with E-state index in [1.165, 1.54) is 12.4 Å². The van der Waals surface area contributed by atoms with E-state index in [2.05, 4.69) is 21.4 Å². The highest BCUT2D eigenvalue weighted by Crippen LogP contribution is 2.35. The van der Waals surface area contributed by atoms with Gasteiger partial charge >= 0.3 is 0 Å². The Bertz CT molecular complexity index is 1390. The maximum atomic E-state index is 12.9. The average Bonchev–Trinajstić information content (AvgIpc) is 3.16. The smallest absolute Gasteiger partial charge is 0.269 e. The Morgan fingerprint density at radius 1 is 1.26 bits per heavy atom. The van der Waals surface area contributed by atoms with Gasteiger partial charge in [0.05, 0.1) is 17.2 Å². The Kier molecular flexibility index (Phi) is 7.28. The second-order valence-electron chi connectivity index (χ2n) is 8.45. The zero-order valence-corrected chi connectivity index (χ0v) is 20.9. The number of hydrogen-bond donors (Lipinski definition) is 2. The second-order valence-corrected chi connectivity index (χ2v) is 9.45. The molecule has 2 N–H and O–H groups in total. The van der Waals surface area contributed by atoms with Gasteiger partial charge in [-0.25, -0.2) is 9.97 Å². The van der Waals surface area contributed by atoms with Crippen molar-refractivity contribution >= 4 is 44.7 Å². The van der Waals surface area contributed by atoms with E-state index in [4.69, 9.17) is 4.99 Å². The van der Waals surface area contributed by atoms with Crippen LogP contribution in [0.3, 0.4) is 0 Å². The second kappa shape index (κ2) is 9.98. The van der Waals surface area contributed by atoms with Gasteiger partial charge in [-0.05, 0) is 70.4 Å². The zero-order chi connectivity index (χ0) is 25.0. The van der Waals surface area contributed by atoms with Crippen LogP contribution in [0.1, 0.15) is 49.9 Å². The number of nitrogens with one attached hydrogen (secondary N) is 1. The van der Waals surface area contributed by atoms with Gasteiger partial charge in [-0.1, -0.05) is 18.2 Å². The van der Waals surface area contributed by atoms with Gasteiger partial charge in [-0.15, -0.1) is 11.3 Å². The zero-order valence-electron chi connectivity index (χ0n) is 20.1. The molecule has 0 atom stereocenters. The Balaban J connectivity index is 1.87. The van der Waals surface area contributed by atoms with Crippen LogP contribution in [0.25, 0.3) is 10.3 Å². The summed E-state index contributed by atoms with van der Waals surface area (Å²) in [4.78, 5) is 26.5. The summed E-state index contributed by atoms with van der Waals surface area (Å²) in [7, 11) is 0. The summed E-state index contributed by atoms with van der Waals surface area (Å²) in [6.45, 7) is 11.4. The number of benzene rings is 1. The highest BCUT2D eigenvalue weighted by Gasteiger charge is 2.21. The van der Waals surface area contributed by atoms with Gasteiger partial charge in [0.2, 0.25) is 0 Å². The van der Waals surface area contributed by atoms with Crippen LogP contribution in [-0.2, 0) is 0 Å². The van der Waals surface area contributed by atoms with Gasteiger partial charge in [0.25, 0.3) is 5.91 Å². The van der Waals surface area contributed by atoms with Gasteiger partial charge in [0, 0.05) is 23.8 Å². The Morgan fingerprint density at radius 3 is 2.62 bits per heavy atom. The largest absolute Gasteiger partial charge is 0.504 e. The number of nitriles is 1. The first-order valence-corrected chi connectivity index (χ1v) is 11.6. The number of aromatic hydroxyl groups is 1. The number of thiophene rings is 1. The van der Waals surface area contributed by atoms with Crippen LogP contribution in [0, 0.1) is 23.7 Å². The highest BCUT2D eigenvalue weighted by molar-refractivity contribution is 7.20. The minimum absolute atomic E-state index is 0.156. The molecule has 0 bridgehead atoms. The van der Waals surface area contributed by atoms with Crippen LogP contribution in [-0.4, -0.2) is 26.7 Å². The van der Waals surface area contributed by atoms with Crippen molar-refractivity contribution in [3.05, 3.63) is 64.3 Å². The number of rotatable bonds is 6. The first kappa shape index (κ1) is 24.8. The number of aliphatic imine (C=N–C) groups is 1. The first-order chi connectivity index (χ1) is 16.1. The fourth-order valence-electron chi connectivity index (χ4n) is 3.27. The molecule has 3 aromatic rings. The van der Waals surface area contributed by atoms with Gasteiger partial charge in [0.15, 0.2) is 5.75 Å². The number of hydrogen-bond acceptors (Lipinski definition) is 7. The first-order valence-electron chi connectivity index (χ1n) is 10.7. The van der Waals surface area contributed by atoms with Crippen molar-refractivity contribution in [2.24, 2.45) is 10.4 Å². The van der Waals surface area contributed by atoms with Gasteiger partial charge < -0.3 is 10.4 Å². The van der Waals surface area contributed by atoms with E-state index < -0.39 is 11.3 Å². The van der Waals surface area contributed by atoms with Crippen LogP contribution >= 0.6 is 11.3 Å². The van der Waals surface area contributed by atoms with Crippen molar-refractivity contribution in [1.82, 2.24) is 9.97 Å². The fourth-order valence-corrected chi connectivity index (χ4v) is 4.16. The third-order valence-corrected chi connectivity index (χ3v) is 6.61. The predicted octanol–water partition coefficient (Wildman–Crippen LogP) is 6.49. The number of allylic oxidation sites excluding steroid dienone is 4. The van der Waals surface area contributed by atoms with Crippen LogP contribution in [0.15, 0.2) is 58.9 Å². The molecule has 2 heterocycles. The van der Waals surface area contributed by atoms with Crippen molar-refractivity contribution in [3.63, 3.8) is 0 Å². The van der Waals surface area contributed by atoms with Crippen molar-refractivity contribution < 1.29 is 9.90 Å². The quantitative estimate of drug-likeness (QED) is 0.314. The summed E-state index contributed by atoms with van der Waals surface area (Å²) in [6, 6.07) is 7.88. The average molecular weight is 474 g/mol. The summed E-state index contributed by atoms with van der Waals surface area (Å²) in [5, 5.41) is 22.7. The molecule has 0 fully saturated rings. The van der Waals surface area contributed by atoms with Gasteiger partial charge in [-0.3, -0.25) is 9.79 Å². The van der Waals surface area contributed by atoms with E-state index in [1.54, 1.807) is 6.07 Å². The Morgan fingerprint density at radius 2 is 1.97 bits per heavy atom. The maximum Gasteiger partial charge on any atom is 0.269 e. The molecule has 7 nitrogen and oxygen atoms in total. The van der Waals surface area contributed by atoms with E-state index in [0.717, 1.165) is 33.8 Å². The lowest BCUT2D eigenvalue weighted by Crippen LogP contribution is -2.11. The SMILES string of the molecule is CC=C(/C=C(\C)C(C)=Nc1ccc(C)c(NC(=O)c2sc3nccnc3c2O)c1)C(C)(C)C#N. The topological polar surface area (TPSA) is 111 Å².